The molecule has 0 fully saturated rings. The van der Waals surface area contributed by atoms with Crippen molar-refractivity contribution in [3.63, 3.8) is 0 Å². The highest BCUT2D eigenvalue weighted by atomic mass is 32.1. The quantitative estimate of drug-likeness (QED) is 0.433. The van der Waals surface area contributed by atoms with Gasteiger partial charge in [-0.3, -0.25) is 10.1 Å². The molecule has 11 heavy (non-hydrogen) atoms. The number of carbonyl (C=O) groups is 1. The second kappa shape index (κ2) is 5.43. The van der Waals surface area contributed by atoms with Gasteiger partial charge in [0.15, 0.2) is 0 Å². The number of carboxylic acids is 1. The lowest BCUT2D eigenvalue weighted by Gasteiger charge is -2.18. The van der Waals surface area contributed by atoms with Crippen molar-refractivity contribution in [2.24, 2.45) is 5.92 Å². The van der Waals surface area contributed by atoms with Gasteiger partial charge in [0.1, 0.15) is 6.04 Å². The third-order valence-electron chi connectivity index (χ3n) is 1.79. The molecule has 0 saturated carbocycles. The van der Waals surface area contributed by atoms with Crippen LogP contribution in [0.1, 0.15) is 20.3 Å². The summed E-state index contributed by atoms with van der Waals surface area (Å²) < 4.78 is 0. The van der Waals surface area contributed by atoms with Crippen LogP contribution in [0.25, 0.3) is 0 Å². The van der Waals surface area contributed by atoms with Gasteiger partial charge in [0.25, 0.3) is 0 Å². The summed E-state index contributed by atoms with van der Waals surface area (Å²) in [5.41, 5.74) is 0. The monoisotopic (exact) mass is 177 g/mol. The van der Waals surface area contributed by atoms with Crippen LogP contribution in [-0.4, -0.2) is 23.0 Å². The maximum absolute atomic E-state index is 10.6. The molecule has 3 nitrogen and oxygen atoms in total. The van der Waals surface area contributed by atoms with Crippen LogP contribution in [0.2, 0.25) is 0 Å². The van der Waals surface area contributed by atoms with Gasteiger partial charge in [0, 0.05) is 5.88 Å². The van der Waals surface area contributed by atoms with E-state index in [1.165, 1.54) is 0 Å². The maximum Gasteiger partial charge on any atom is 0.320 e. The lowest BCUT2D eigenvalue weighted by molar-refractivity contribution is -0.140. The molecule has 2 N–H and O–H groups in total. The highest BCUT2D eigenvalue weighted by molar-refractivity contribution is 7.80. The molecule has 4 heteroatoms. The third-order valence-corrected chi connectivity index (χ3v) is 1.97. The van der Waals surface area contributed by atoms with Gasteiger partial charge in [-0.05, 0) is 5.92 Å². The standard InChI is InChI=1S/C7H15NO2S/c1-3-5(2)6(7(9)10)8-4-11/h5-6,8,11H,3-4H2,1-2H3,(H,9,10). The van der Waals surface area contributed by atoms with E-state index < -0.39 is 12.0 Å². The predicted molar refractivity (Wildman–Crippen MR) is 47.9 cm³/mol. The Balaban J connectivity index is 3.97. The third kappa shape index (κ3) is 3.62. The average molecular weight is 177 g/mol. The molecule has 2 unspecified atom stereocenters. The van der Waals surface area contributed by atoms with Crippen molar-refractivity contribution in [1.29, 1.82) is 0 Å². The summed E-state index contributed by atoms with van der Waals surface area (Å²) in [6.07, 6.45) is 0.859. The minimum Gasteiger partial charge on any atom is -0.480 e. The number of aliphatic carboxylic acids is 1. The van der Waals surface area contributed by atoms with Gasteiger partial charge >= 0.3 is 5.97 Å². The van der Waals surface area contributed by atoms with Gasteiger partial charge in [-0.1, -0.05) is 20.3 Å². The Morgan fingerprint density at radius 3 is 2.55 bits per heavy atom. The van der Waals surface area contributed by atoms with Crippen LogP contribution in [0, 0.1) is 5.92 Å². The Morgan fingerprint density at radius 1 is 1.73 bits per heavy atom. The van der Waals surface area contributed by atoms with E-state index in [2.05, 4.69) is 17.9 Å². The fourth-order valence-electron chi connectivity index (χ4n) is 0.866. The second-order valence-corrected chi connectivity index (χ2v) is 2.88. The molecule has 0 heterocycles. The van der Waals surface area contributed by atoms with Crippen molar-refractivity contribution in [2.75, 3.05) is 5.88 Å². The molecule has 0 aromatic heterocycles. The SMILES string of the molecule is CCC(C)C(NCS)C(=O)O. The Hall–Kier alpha value is -0.220. The van der Waals surface area contributed by atoms with Crippen LogP contribution in [0.4, 0.5) is 0 Å². The van der Waals surface area contributed by atoms with E-state index in [1.54, 1.807) is 0 Å². The summed E-state index contributed by atoms with van der Waals surface area (Å²) in [4.78, 5) is 10.6. The summed E-state index contributed by atoms with van der Waals surface area (Å²) in [6, 6.07) is -0.461. The van der Waals surface area contributed by atoms with E-state index in [9.17, 15) is 4.79 Å². The summed E-state index contributed by atoms with van der Waals surface area (Å²) in [6.45, 7) is 3.88. The van der Waals surface area contributed by atoms with Gasteiger partial charge in [-0.2, -0.15) is 12.6 Å². The van der Waals surface area contributed by atoms with E-state index in [-0.39, 0.29) is 5.92 Å². The van der Waals surface area contributed by atoms with Gasteiger partial charge in [0.05, 0.1) is 0 Å². The molecule has 0 bridgehead atoms. The zero-order valence-corrected chi connectivity index (χ0v) is 7.77. The minimum atomic E-state index is -0.798. The topological polar surface area (TPSA) is 49.3 Å². The molecule has 0 aliphatic carbocycles. The lowest BCUT2D eigenvalue weighted by atomic mass is 10.00. The van der Waals surface area contributed by atoms with Gasteiger partial charge in [-0.25, -0.2) is 0 Å². The van der Waals surface area contributed by atoms with Crippen molar-refractivity contribution >= 4 is 18.6 Å². The lowest BCUT2D eigenvalue weighted by Crippen LogP contribution is -2.41. The van der Waals surface area contributed by atoms with E-state index in [1.807, 2.05) is 13.8 Å². The zero-order valence-electron chi connectivity index (χ0n) is 6.87. The summed E-state index contributed by atoms with van der Waals surface area (Å²) >= 11 is 3.91. The van der Waals surface area contributed by atoms with Crippen LogP contribution in [-0.2, 0) is 4.79 Å². The molecule has 0 aromatic rings. The van der Waals surface area contributed by atoms with E-state index in [0.717, 1.165) is 6.42 Å². The summed E-state index contributed by atoms with van der Waals surface area (Å²) in [7, 11) is 0. The fourth-order valence-corrected chi connectivity index (χ4v) is 1.06. The molecule has 0 rings (SSSR count). The van der Waals surface area contributed by atoms with Crippen molar-refractivity contribution < 1.29 is 9.90 Å². The highest BCUT2D eigenvalue weighted by Crippen LogP contribution is 2.07. The van der Waals surface area contributed by atoms with Crippen molar-refractivity contribution in [3.8, 4) is 0 Å². The van der Waals surface area contributed by atoms with E-state index in [0.29, 0.717) is 5.88 Å². The summed E-state index contributed by atoms with van der Waals surface area (Å²) in [5.74, 6) is -0.241. The molecule has 0 amide bonds. The Kier molecular flexibility index (Phi) is 5.32. The molecular formula is C7H15NO2S. The van der Waals surface area contributed by atoms with Crippen molar-refractivity contribution in [2.45, 2.75) is 26.3 Å². The van der Waals surface area contributed by atoms with Crippen molar-refractivity contribution in [3.05, 3.63) is 0 Å². The molecule has 0 saturated heterocycles. The second-order valence-electron chi connectivity index (χ2n) is 2.56. The molecule has 66 valence electrons. The maximum atomic E-state index is 10.6. The van der Waals surface area contributed by atoms with Crippen LogP contribution >= 0.6 is 12.6 Å². The van der Waals surface area contributed by atoms with Gasteiger partial charge < -0.3 is 5.11 Å². The van der Waals surface area contributed by atoms with Crippen LogP contribution in [0.5, 0.6) is 0 Å². The van der Waals surface area contributed by atoms with Crippen LogP contribution < -0.4 is 5.32 Å². The number of thiol groups is 1. The molecule has 0 spiro atoms. The minimum absolute atomic E-state index is 0.152. The normalized spacial score (nSPS) is 15.9. The Bertz CT molecular complexity index is 130. The molecule has 0 aromatic carbocycles. The first-order chi connectivity index (χ1) is 5.13. The molecule has 0 radical (unpaired) electrons. The first-order valence-corrected chi connectivity index (χ1v) is 4.33. The fraction of sp³-hybridized carbons (Fsp3) is 0.857. The van der Waals surface area contributed by atoms with Gasteiger partial charge in [0.2, 0.25) is 0 Å². The molecule has 0 aliphatic heterocycles. The van der Waals surface area contributed by atoms with Crippen LogP contribution in [0.3, 0.4) is 0 Å². The van der Waals surface area contributed by atoms with Crippen molar-refractivity contribution in [1.82, 2.24) is 5.32 Å². The Morgan fingerprint density at radius 2 is 2.27 bits per heavy atom. The predicted octanol–water partition coefficient (Wildman–Crippen LogP) is 0.963. The zero-order chi connectivity index (χ0) is 8.85. The summed E-state index contributed by atoms with van der Waals surface area (Å²) in [5, 5.41) is 11.5. The van der Waals surface area contributed by atoms with E-state index >= 15 is 0 Å². The van der Waals surface area contributed by atoms with E-state index in [4.69, 9.17) is 5.11 Å². The number of nitrogens with one attached hydrogen (secondary N) is 1. The number of rotatable bonds is 5. The van der Waals surface area contributed by atoms with Crippen LogP contribution in [0.15, 0.2) is 0 Å². The average Bonchev–Trinajstić information content (AvgIpc) is 1.98. The largest absolute Gasteiger partial charge is 0.480 e. The number of carboxylic acid groups (broad SMARTS) is 1. The molecule has 2 atom stereocenters. The first kappa shape index (κ1) is 10.8. The Labute approximate surface area is 72.6 Å². The smallest absolute Gasteiger partial charge is 0.320 e. The highest BCUT2D eigenvalue weighted by Gasteiger charge is 2.21. The molecule has 0 aliphatic rings. The molecular weight excluding hydrogens is 162 g/mol. The first-order valence-electron chi connectivity index (χ1n) is 3.70. The number of hydrogen-bond donors (Lipinski definition) is 3. The van der Waals surface area contributed by atoms with Gasteiger partial charge in [-0.15, -0.1) is 0 Å². The number of hydrogen-bond acceptors (Lipinski definition) is 3.